The van der Waals surface area contributed by atoms with E-state index in [0.29, 0.717) is 19.3 Å². The normalized spacial score (nSPS) is 12.5. The molecular weight excluding hydrogens is 913 g/mol. The molecular formula is C68H120O6. The summed E-state index contributed by atoms with van der Waals surface area (Å²) in [7, 11) is 0. The number of hydrogen-bond acceptors (Lipinski definition) is 6. The summed E-state index contributed by atoms with van der Waals surface area (Å²) in [6.07, 6.45) is 80.6. The second-order valence-electron chi connectivity index (χ2n) is 21.3. The van der Waals surface area contributed by atoms with E-state index in [0.717, 1.165) is 96.3 Å². The summed E-state index contributed by atoms with van der Waals surface area (Å²) in [4.78, 5) is 38.2. The zero-order valence-electron chi connectivity index (χ0n) is 49.1. The topological polar surface area (TPSA) is 78.9 Å². The minimum atomic E-state index is -0.782. The second kappa shape index (κ2) is 62.4. The average molecular weight is 1030 g/mol. The molecule has 0 saturated heterocycles. The first-order valence-corrected chi connectivity index (χ1v) is 31.9. The van der Waals surface area contributed by atoms with Crippen molar-refractivity contribution in [3.8, 4) is 0 Å². The van der Waals surface area contributed by atoms with Crippen molar-refractivity contribution in [1.82, 2.24) is 0 Å². The first-order chi connectivity index (χ1) is 36.5. The molecule has 0 aliphatic rings. The molecule has 1 unspecified atom stereocenters. The van der Waals surface area contributed by atoms with Gasteiger partial charge in [-0.25, -0.2) is 0 Å². The van der Waals surface area contributed by atoms with Crippen molar-refractivity contribution in [2.24, 2.45) is 0 Å². The number of ether oxygens (including phenoxy) is 3. The van der Waals surface area contributed by atoms with E-state index in [-0.39, 0.29) is 31.1 Å². The smallest absolute Gasteiger partial charge is 0.306 e. The third-order valence-corrected chi connectivity index (χ3v) is 13.9. The summed E-state index contributed by atoms with van der Waals surface area (Å²) in [5.74, 6) is -0.888. The molecule has 0 aliphatic heterocycles. The van der Waals surface area contributed by atoms with Crippen molar-refractivity contribution >= 4 is 17.9 Å². The summed E-state index contributed by atoms with van der Waals surface area (Å²) in [5, 5.41) is 0. The summed E-state index contributed by atoms with van der Waals surface area (Å²) in [5.41, 5.74) is 0. The molecule has 0 fully saturated rings. The molecule has 0 aromatic rings. The Kier molecular flexibility index (Phi) is 59.7. The Morgan fingerprint density at radius 3 is 0.851 bits per heavy atom. The van der Waals surface area contributed by atoms with Crippen LogP contribution in [0.15, 0.2) is 72.9 Å². The lowest BCUT2D eigenvalue weighted by Crippen LogP contribution is -2.30. The molecule has 1 atom stereocenters. The lowest BCUT2D eigenvalue weighted by atomic mass is 10.0. The summed E-state index contributed by atoms with van der Waals surface area (Å²) in [6.45, 7) is 6.55. The molecule has 0 aliphatic carbocycles. The standard InChI is InChI=1S/C68H120O6/c1-4-7-10-13-16-19-22-24-26-28-29-30-31-32-33-34-35-36-37-38-39-41-42-44-46-49-52-55-58-61-67(70)73-64-65(63-72-66(69)60-57-54-51-48-21-18-15-12-9-6-3)74-68(71)62-59-56-53-50-47-45-43-40-27-25-23-20-17-14-11-8-5-2/h12,15,17,20,22,24-25,27-29,31-32,65H,4-11,13-14,16,18-19,21,23,26,30,33-64H2,1-3H3/b15-12-,20-17-,24-22-,27-25-,29-28-,32-31-. The van der Waals surface area contributed by atoms with Crippen molar-refractivity contribution in [2.75, 3.05) is 13.2 Å². The van der Waals surface area contributed by atoms with Gasteiger partial charge in [-0.2, -0.15) is 0 Å². The number of carbonyl (C=O) groups is 3. The van der Waals surface area contributed by atoms with Gasteiger partial charge in [-0.15, -0.1) is 0 Å². The zero-order chi connectivity index (χ0) is 53.6. The van der Waals surface area contributed by atoms with Crippen LogP contribution >= 0.6 is 0 Å². The van der Waals surface area contributed by atoms with Crippen LogP contribution in [0.5, 0.6) is 0 Å². The highest BCUT2D eigenvalue weighted by molar-refractivity contribution is 5.71. The molecule has 0 aromatic heterocycles. The molecule has 6 nitrogen and oxygen atoms in total. The SMILES string of the molecule is CCC/C=C\CCCCCCCC(=O)OCC(COC(=O)CCCCCCCCCCCCCCCC/C=C\C/C=C\C/C=C\CCCCCCC)OC(=O)CCCCCCCCC/C=C\C/C=C\CCCCC. The van der Waals surface area contributed by atoms with Crippen molar-refractivity contribution in [1.29, 1.82) is 0 Å². The van der Waals surface area contributed by atoms with E-state index < -0.39 is 6.10 Å². The van der Waals surface area contributed by atoms with Crippen LogP contribution in [-0.4, -0.2) is 37.2 Å². The first kappa shape index (κ1) is 70.8. The van der Waals surface area contributed by atoms with Crippen LogP contribution in [0.25, 0.3) is 0 Å². The Morgan fingerprint density at radius 1 is 0.270 bits per heavy atom. The van der Waals surface area contributed by atoms with E-state index in [9.17, 15) is 14.4 Å². The lowest BCUT2D eigenvalue weighted by Gasteiger charge is -2.18. The van der Waals surface area contributed by atoms with Crippen LogP contribution in [0.3, 0.4) is 0 Å². The van der Waals surface area contributed by atoms with E-state index >= 15 is 0 Å². The van der Waals surface area contributed by atoms with Gasteiger partial charge in [0, 0.05) is 19.3 Å². The maximum atomic E-state index is 12.9. The van der Waals surface area contributed by atoms with Gasteiger partial charge in [0.05, 0.1) is 0 Å². The summed E-state index contributed by atoms with van der Waals surface area (Å²) < 4.78 is 16.9. The van der Waals surface area contributed by atoms with Crippen molar-refractivity contribution in [2.45, 2.75) is 329 Å². The molecule has 0 amide bonds. The molecule has 0 bridgehead atoms. The van der Waals surface area contributed by atoms with E-state index in [1.165, 1.54) is 186 Å². The number of hydrogen-bond donors (Lipinski definition) is 0. The van der Waals surface area contributed by atoms with Crippen LogP contribution < -0.4 is 0 Å². The summed E-state index contributed by atoms with van der Waals surface area (Å²) >= 11 is 0. The highest BCUT2D eigenvalue weighted by Crippen LogP contribution is 2.16. The highest BCUT2D eigenvalue weighted by atomic mass is 16.6. The average Bonchev–Trinajstić information content (AvgIpc) is 3.40. The Balaban J connectivity index is 4.18. The largest absolute Gasteiger partial charge is 0.462 e. The van der Waals surface area contributed by atoms with Crippen LogP contribution in [0.4, 0.5) is 0 Å². The molecule has 428 valence electrons. The monoisotopic (exact) mass is 1030 g/mol. The molecule has 0 saturated carbocycles. The first-order valence-electron chi connectivity index (χ1n) is 31.9. The third-order valence-electron chi connectivity index (χ3n) is 13.9. The van der Waals surface area contributed by atoms with Gasteiger partial charge in [0.25, 0.3) is 0 Å². The van der Waals surface area contributed by atoms with E-state index in [1.807, 2.05) is 0 Å². The number of rotatable bonds is 58. The van der Waals surface area contributed by atoms with E-state index in [4.69, 9.17) is 14.2 Å². The highest BCUT2D eigenvalue weighted by Gasteiger charge is 2.19. The van der Waals surface area contributed by atoms with E-state index in [1.54, 1.807) is 0 Å². The van der Waals surface area contributed by atoms with Crippen LogP contribution in [-0.2, 0) is 28.6 Å². The van der Waals surface area contributed by atoms with Gasteiger partial charge >= 0.3 is 17.9 Å². The van der Waals surface area contributed by atoms with E-state index in [2.05, 4.69) is 93.7 Å². The minimum Gasteiger partial charge on any atom is -0.462 e. The second-order valence-corrected chi connectivity index (χ2v) is 21.3. The van der Waals surface area contributed by atoms with Crippen molar-refractivity contribution < 1.29 is 28.6 Å². The van der Waals surface area contributed by atoms with Gasteiger partial charge in [0.15, 0.2) is 6.10 Å². The van der Waals surface area contributed by atoms with Gasteiger partial charge in [0.2, 0.25) is 0 Å². The fourth-order valence-corrected chi connectivity index (χ4v) is 9.07. The molecule has 0 rings (SSSR count). The number of allylic oxidation sites excluding steroid dienone is 12. The Hall–Kier alpha value is -3.15. The molecule has 0 radical (unpaired) electrons. The Morgan fingerprint density at radius 2 is 0.514 bits per heavy atom. The molecule has 0 spiro atoms. The Bertz CT molecular complexity index is 1370. The maximum absolute atomic E-state index is 12.9. The Labute approximate surface area is 459 Å². The minimum absolute atomic E-state index is 0.0800. The molecule has 0 aromatic carbocycles. The fraction of sp³-hybridized carbons (Fsp3) is 0.779. The number of esters is 3. The predicted molar refractivity (Wildman–Crippen MR) is 321 cm³/mol. The van der Waals surface area contributed by atoms with Crippen LogP contribution in [0.1, 0.15) is 323 Å². The van der Waals surface area contributed by atoms with Gasteiger partial charge < -0.3 is 14.2 Å². The van der Waals surface area contributed by atoms with Crippen LogP contribution in [0.2, 0.25) is 0 Å². The number of unbranched alkanes of at least 4 members (excludes halogenated alkanes) is 35. The zero-order valence-corrected chi connectivity index (χ0v) is 49.1. The van der Waals surface area contributed by atoms with Gasteiger partial charge in [-0.1, -0.05) is 267 Å². The van der Waals surface area contributed by atoms with Crippen molar-refractivity contribution in [3.05, 3.63) is 72.9 Å². The fourth-order valence-electron chi connectivity index (χ4n) is 9.07. The van der Waals surface area contributed by atoms with Gasteiger partial charge in [-0.3, -0.25) is 14.4 Å². The maximum Gasteiger partial charge on any atom is 0.306 e. The molecule has 0 heterocycles. The molecule has 6 heteroatoms. The summed E-state index contributed by atoms with van der Waals surface area (Å²) in [6, 6.07) is 0. The predicted octanol–water partition coefficient (Wildman–Crippen LogP) is 21.7. The lowest BCUT2D eigenvalue weighted by molar-refractivity contribution is -0.167. The molecule has 74 heavy (non-hydrogen) atoms. The number of carbonyl (C=O) groups excluding carboxylic acids is 3. The van der Waals surface area contributed by atoms with Crippen molar-refractivity contribution in [3.63, 3.8) is 0 Å². The van der Waals surface area contributed by atoms with Crippen LogP contribution in [0, 0.1) is 0 Å². The molecule has 0 N–H and O–H groups in total. The van der Waals surface area contributed by atoms with Gasteiger partial charge in [0.1, 0.15) is 13.2 Å². The quantitative estimate of drug-likeness (QED) is 0.0261. The third kappa shape index (κ3) is 59.7. The van der Waals surface area contributed by atoms with Gasteiger partial charge in [-0.05, 0) is 109 Å².